The van der Waals surface area contributed by atoms with Gasteiger partial charge in [0.1, 0.15) is 11.9 Å². The van der Waals surface area contributed by atoms with Gasteiger partial charge in [0.2, 0.25) is 0 Å². The van der Waals surface area contributed by atoms with E-state index >= 15 is 0 Å². The summed E-state index contributed by atoms with van der Waals surface area (Å²) >= 11 is 0. The summed E-state index contributed by atoms with van der Waals surface area (Å²) in [5, 5.41) is 18.9. The molecular weight excluding hydrogens is 272 g/mol. The summed E-state index contributed by atoms with van der Waals surface area (Å²) in [5.41, 5.74) is 12.1. The number of hydrogen-bond acceptors (Lipinski definition) is 5. The molecule has 0 saturated carbocycles. The second kappa shape index (κ2) is 9.06. The maximum absolute atomic E-state index is 10.5. The minimum Gasteiger partial charge on any atom is -0.480 e. The third-order valence-electron chi connectivity index (χ3n) is 2.88. The molecule has 2 rings (SSSR count). The van der Waals surface area contributed by atoms with E-state index in [9.17, 15) is 4.79 Å². The van der Waals surface area contributed by atoms with Gasteiger partial charge < -0.3 is 26.6 Å². The number of aliphatic carboxylic acids is 1. The van der Waals surface area contributed by atoms with Crippen LogP contribution in [0.15, 0.2) is 24.3 Å². The summed E-state index contributed by atoms with van der Waals surface area (Å²) in [4.78, 5) is 10.5. The highest BCUT2D eigenvalue weighted by molar-refractivity contribution is 5.94. The third-order valence-corrected chi connectivity index (χ3v) is 2.88. The molecular formula is C14H22N4O3. The molecule has 7 heteroatoms. The van der Waals surface area contributed by atoms with E-state index in [0.717, 1.165) is 31.9 Å². The summed E-state index contributed by atoms with van der Waals surface area (Å²) in [6.07, 6.45) is 0.271. The van der Waals surface area contributed by atoms with Crippen LogP contribution >= 0.6 is 0 Å². The number of nitrogens with two attached hydrogens (primary N) is 2. The number of carboxylic acid groups (broad SMARTS) is 1. The van der Waals surface area contributed by atoms with Crippen molar-refractivity contribution in [1.29, 1.82) is 5.41 Å². The summed E-state index contributed by atoms with van der Waals surface area (Å²) in [5.74, 6) is -1.03. The Hall–Kier alpha value is -1.96. The number of benzene rings is 1. The molecule has 0 aromatic heterocycles. The first-order valence-corrected chi connectivity index (χ1v) is 6.71. The highest BCUT2D eigenvalue weighted by Crippen LogP contribution is 2.06. The van der Waals surface area contributed by atoms with E-state index in [2.05, 4.69) is 5.32 Å². The smallest absolute Gasteiger partial charge is 0.320 e. The Morgan fingerprint density at radius 3 is 2.24 bits per heavy atom. The van der Waals surface area contributed by atoms with E-state index in [1.165, 1.54) is 0 Å². The first-order valence-electron chi connectivity index (χ1n) is 6.71. The number of nitrogens with one attached hydrogen (secondary N) is 2. The molecule has 1 saturated heterocycles. The van der Waals surface area contributed by atoms with Gasteiger partial charge in [-0.05, 0) is 12.0 Å². The van der Waals surface area contributed by atoms with Gasteiger partial charge >= 0.3 is 5.97 Å². The Morgan fingerprint density at radius 2 is 1.90 bits per heavy atom. The van der Waals surface area contributed by atoms with Crippen molar-refractivity contribution in [1.82, 2.24) is 5.32 Å². The van der Waals surface area contributed by atoms with E-state index < -0.39 is 12.0 Å². The number of morpholine rings is 1. The van der Waals surface area contributed by atoms with Crippen LogP contribution in [-0.2, 0) is 16.0 Å². The Kier molecular flexibility index (Phi) is 7.38. The summed E-state index contributed by atoms with van der Waals surface area (Å²) in [6, 6.07) is 5.89. The van der Waals surface area contributed by atoms with Crippen molar-refractivity contribution in [3.05, 3.63) is 35.4 Å². The third kappa shape index (κ3) is 6.84. The lowest BCUT2D eigenvalue weighted by molar-refractivity contribution is -0.138. The Bertz CT molecular complexity index is 446. The average Bonchev–Trinajstić information content (AvgIpc) is 2.50. The molecule has 1 aromatic carbocycles. The second-order valence-corrected chi connectivity index (χ2v) is 4.62. The van der Waals surface area contributed by atoms with Crippen molar-refractivity contribution in [3.8, 4) is 0 Å². The molecule has 1 aliphatic rings. The topological polar surface area (TPSA) is 134 Å². The van der Waals surface area contributed by atoms with Crippen LogP contribution in [-0.4, -0.2) is 49.3 Å². The molecule has 21 heavy (non-hydrogen) atoms. The summed E-state index contributed by atoms with van der Waals surface area (Å²) < 4.78 is 5.01. The van der Waals surface area contributed by atoms with Crippen molar-refractivity contribution in [2.45, 2.75) is 12.5 Å². The highest BCUT2D eigenvalue weighted by Gasteiger charge is 2.11. The van der Waals surface area contributed by atoms with Crippen LogP contribution in [0.4, 0.5) is 0 Å². The fraction of sp³-hybridized carbons (Fsp3) is 0.429. The molecule has 0 spiro atoms. The van der Waals surface area contributed by atoms with Crippen molar-refractivity contribution in [2.75, 3.05) is 26.3 Å². The number of rotatable bonds is 4. The second-order valence-electron chi connectivity index (χ2n) is 4.62. The molecule has 0 bridgehead atoms. The van der Waals surface area contributed by atoms with Crippen LogP contribution < -0.4 is 16.8 Å². The lowest BCUT2D eigenvalue weighted by Gasteiger charge is -2.10. The zero-order valence-electron chi connectivity index (χ0n) is 11.8. The van der Waals surface area contributed by atoms with E-state index in [0.29, 0.717) is 5.56 Å². The maximum Gasteiger partial charge on any atom is 0.320 e. The quantitative estimate of drug-likeness (QED) is 0.376. The SMILES string of the molecule is C1COCCN1.N=C(N)c1ccc(C[C@@H](N)C(=O)O)cc1. The van der Waals surface area contributed by atoms with Gasteiger partial charge in [0, 0.05) is 18.7 Å². The Labute approximate surface area is 123 Å². The van der Waals surface area contributed by atoms with E-state index in [4.69, 9.17) is 26.7 Å². The van der Waals surface area contributed by atoms with Gasteiger partial charge in [0.15, 0.2) is 0 Å². The van der Waals surface area contributed by atoms with Crippen LogP contribution in [0.3, 0.4) is 0 Å². The molecule has 0 radical (unpaired) electrons. The Balaban J connectivity index is 0.000000304. The van der Waals surface area contributed by atoms with Gasteiger partial charge in [-0.2, -0.15) is 0 Å². The van der Waals surface area contributed by atoms with Gasteiger partial charge in [-0.25, -0.2) is 0 Å². The average molecular weight is 294 g/mol. The van der Waals surface area contributed by atoms with E-state index in [1.54, 1.807) is 24.3 Å². The summed E-state index contributed by atoms with van der Waals surface area (Å²) in [6.45, 7) is 3.83. The van der Waals surface area contributed by atoms with Crippen LogP contribution in [0.25, 0.3) is 0 Å². The zero-order chi connectivity index (χ0) is 15.7. The first kappa shape index (κ1) is 17.1. The van der Waals surface area contributed by atoms with Crippen molar-refractivity contribution >= 4 is 11.8 Å². The van der Waals surface area contributed by atoms with Crippen molar-refractivity contribution in [2.24, 2.45) is 11.5 Å². The van der Waals surface area contributed by atoms with Crippen LogP contribution in [0.2, 0.25) is 0 Å². The highest BCUT2D eigenvalue weighted by atomic mass is 16.5. The molecule has 1 aliphatic heterocycles. The molecule has 1 atom stereocenters. The van der Waals surface area contributed by atoms with Gasteiger partial charge in [-0.15, -0.1) is 0 Å². The molecule has 1 fully saturated rings. The van der Waals surface area contributed by atoms with Crippen LogP contribution in [0, 0.1) is 5.41 Å². The molecule has 1 aromatic rings. The Morgan fingerprint density at radius 1 is 1.33 bits per heavy atom. The minimum absolute atomic E-state index is 0.0101. The van der Waals surface area contributed by atoms with Gasteiger partial charge in [-0.1, -0.05) is 24.3 Å². The van der Waals surface area contributed by atoms with Crippen molar-refractivity contribution in [3.63, 3.8) is 0 Å². The summed E-state index contributed by atoms with van der Waals surface area (Å²) in [7, 11) is 0. The number of ether oxygens (including phenoxy) is 1. The number of amidine groups is 1. The van der Waals surface area contributed by atoms with Crippen molar-refractivity contribution < 1.29 is 14.6 Å². The maximum atomic E-state index is 10.5. The predicted molar refractivity (Wildman–Crippen MR) is 80.5 cm³/mol. The molecule has 116 valence electrons. The molecule has 7 nitrogen and oxygen atoms in total. The normalized spacial score (nSPS) is 15.5. The predicted octanol–water partition coefficient (Wildman–Crippen LogP) is -0.469. The number of hydrogen-bond donors (Lipinski definition) is 5. The molecule has 0 amide bonds. The molecule has 7 N–H and O–H groups in total. The largest absolute Gasteiger partial charge is 0.480 e. The molecule has 0 unspecified atom stereocenters. The molecule has 0 aliphatic carbocycles. The zero-order valence-corrected chi connectivity index (χ0v) is 11.8. The number of nitrogen functional groups attached to an aromatic ring is 1. The monoisotopic (exact) mass is 294 g/mol. The lowest BCUT2D eigenvalue weighted by Crippen LogP contribution is -2.32. The van der Waals surface area contributed by atoms with Gasteiger partial charge in [-0.3, -0.25) is 10.2 Å². The lowest BCUT2D eigenvalue weighted by atomic mass is 10.0. The first-order chi connectivity index (χ1) is 10.0. The molecule has 1 heterocycles. The number of carbonyl (C=O) groups is 1. The standard InChI is InChI=1S/C10H13N3O2.C4H9NO/c11-8(10(14)15)5-6-1-3-7(4-2-6)9(12)13;1-3-6-4-2-5-1/h1-4,8H,5,11H2,(H3,12,13)(H,14,15);5H,1-4H2/t8-;/m1./s1. The number of carboxylic acids is 1. The van der Waals surface area contributed by atoms with E-state index in [1.807, 2.05) is 0 Å². The fourth-order valence-electron chi connectivity index (χ4n) is 1.68. The van der Waals surface area contributed by atoms with E-state index in [-0.39, 0.29) is 12.3 Å². The van der Waals surface area contributed by atoms with Crippen LogP contribution in [0.1, 0.15) is 11.1 Å². The fourth-order valence-corrected chi connectivity index (χ4v) is 1.68. The minimum atomic E-state index is -1.02. The van der Waals surface area contributed by atoms with Gasteiger partial charge in [0.05, 0.1) is 13.2 Å². The van der Waals surface area contributed by atoms with Gasteiger partial charge in [0.25, 0.3) is 0 Å². The van der Waals surface area contributed by atoms with Crippen LogP contribution in [0.5, 0.6) is 0 Å².